The maximum atomic E-state index is 11.5. The number of rotatable bonds is 9. The van der Waals surface area contributed by atoms with E-state index in [4.69, 9.17) is 0 Å². The van der Waals surface area contributed by atoms with Gasteiger partial charge in [-0.05, 0) is 36.7 Å². The van der Waals surface area contributed by atoms with Gasteiger partial charge in [0.25, 0.3) is 0 Å². The van der Waals surface area contributed by atoms with Gasteiger partial charge in [-0.3, -0.25) is 4.79 Å². The molecule has 0 heterocycles. The zero-order valence-corrected chi connectivity index (χ0v) is 13.7. The molecule has 0 saturated carbocycles. The Morgan fingerprint density at radius 3 is 2.00 bits per heavy atom. The molecule has 0 aromatic heterocycles. The van der Waals surface area contributed by atoms with E-state index in [9.17, 15) is 9.90 Å². The van der Waals surface area contributed by atoms with Crippen molar-refractivity contribution in [2.75, 3.05) is 0 Å². The molecule has 0 fully saturated rings. The Kier molecular flexibility index (Phi) is 7.44. The van der Waals surface area contributed by atoms with Gasteiger partial charge in [-0.25, -0.2) is 0 Å². The lowest BCUT2D eigenvalue weighted by Gasteiger charge is -2.26. The van der Waals surface area contributed by atoms with Gasteiger partial charge in [0.05, 0.1) is 0 Å². The second-order valence-corrected chi connectivity index (χ2v) is 6.70. The summed E-state index contributed by atoms with van der Waals surface area (Å²) in [5.74, 6) is 0.358. The molecule has 1 atom stereocenters. The highest BCUT2D eigenvalue weighted by Gasteiger charge is 2.23. The topological polar surface area (TPSA) is 49.3 Å². The molecular formula is C18H29NO2. The van der Waals surface area contributed by atoms with Crippen molar-refractivity contribution in [2.24, 2.45) is 11.8 Å². The Bertz CT molecular complexity index is 404. The molecule has 0 amide bonds. The third-order valence-corrected chi connectivity index (χ3v) is 3.53. The molecule has 21 heavy (non-hydrogen) atoms. The molecule has 0 saturated heterocycles. The first kappa shape index (κ1) is 17.7. The second-order valence-electron chi connectivity index (χ2n) is 6.70. The summed E-state index contributed by atoms with van der Waals surface area (Å²) in [5.41, 5.74) is 1.06. The summed E-state index contributed by atoms with van der Waals surface area (Å²) in [7, 11) is 0. The minimum absolute atomic E-state index is 0.259. The first-order valence-electron chi connectivity index (χ1n) is 7.91. The standard InChI is InChI=1S/C18H29NO2/c1-13(2)10-16(11-14(3)4)19-17(18(20)21)12-15-8-6-5-7-9-15/h5-9,13-14,16-17,19H,10-12H2,1-4H3,(H,20,21)/t17-/m0/s1. The van der Waals surface area contributed by atoms with E-state index in [1.165, 1.54) is 0 Å². The smallest absolute Gasteiger partial charge is 0.321 e. The first-order chi connectivity index (χ1) is 9.88. The van der Waals surface area contributed by atoms with Crippen LogP contribution < -0.4 is 5.32 Å². The Hall–Kier alpha value is -1.35. The Morgan fingerprint density at radius 1 is 1.05 bits per heavy atom. The van der Waals surface area contributed by atoms with Crippen molar-refractivity contribution in [3.63, 3.8) is 0 Å². The van der Waals surface area contributed by atoms with Crippen molar-refractivity contribution in [1.82, 2.24) is 5.32 Å². The maximum Gasteiger partial charge on any atom is 0.321 e. The fourth-order valence-corrected chi connectivity index (χ4v) is 2.72. The van der Waals surface area contributed by atoms with E-state index in [0.29, 0.717) is 18.3 Å². The Labute approximate surface area is 128 Å². The lowest BCUT2D eigenvalue weighted by molar-refractivity contribution is -0.139. The molecular weight excluding hydrogens is 262 g/mol. The Balaban J connectivity index is 2.71. The van der Waals surface area contributed by atoms with E-state index in [2.05, 4.69) is 33.0 Å². The van der Waals surface area contributed by atoms with Crippen LogP contribution in [0.15, 0.2) is 30.3 Å². The fourth-order valence-electron chi connectivity index (χ4n) is 2.72. The summed E-state index contributed by atoms with van der Waals surface area (Å²) in [6.45, 7) is 8.73. The zero-order valence-electron chi connectivity index (χ0n) is 13.7. The summed E-state index contributed by atoms with van der Waals surface area (Å²) >= 11 is 0. The number of carboxylic acid groups (broad SMARTS) is 1. The van der Waals surface area contributed by atoms with Gasteiger partial charge in [0, 0.05) is 6.04 Å². The third kappa shape index (κ3) is 7.28. The summed E-state index contributed by atoms with van der Waals surface area (Å²) < 4.78 is 0. The molecule has 0 unspecified atom stereocenters. The van der Waals surface area contributed by atoms with Gasteiger partial charge in [-0.1, -0.05) is 58.0 Å². The number of benzene rings is 1. The lowest BCUT2D eigenvalue weighted by atomic mass is 9.94. The molecule has 1 aromatic carbocycles. The maximum absolute atomic E-state index is 11.5. The fraction of sp³-hybridized carbons (Fsp3) is 0.611. The summed E-state index contributed by atoms with van der Waals surface area (Å²) in [6, 6.07) is 9.56. The molecule has 0 radical (unpaired) electrons. The predicted molar refractivity (Wildman–Crippen MR) is 87.4 cm³/mol. The van der Waals surface area contributed by atoms with Crippen LogP contribution in [-0.2, 0) is 11.2 Å². The lowest BCUT2D eigenvalue weighted by Crippen LogP contribution is -2.45. The van der Waals surface area contributed by atoms with Crippen LogP contribution in [0.2, 0.25) is 0 Å². The number of aliphatic carboxylic acids is 1. The highest BCUT2D eigenvalue weighted by atomic mass is 16.4. The van der Waals surface area contributed by atoms with Gasteiger partial charge in [-0.15, -0.1) is 0 Å². The molecule has 118 valence electrons. The molecule has 0 aliphatic rings. The number of carbonyl (C=O) groups is 1. The quantitative estimate of drug-likeness (QED) is 0.729. The highest BCUT2D eigenvalue weighted by molar-refractivity contribution is 5.74. The van der Waals surface area contributed by atoms with Crippen molar-refractivity contribution in [2.45, 2.75) is 59.0 Å². The molecule has 0 bridgehead atoms. The first-order valence-corrected chi connectivity index (χ1v) is 7.91. The SMILES string of the molecule is CC(C)CC(CC(C)C)N[C@@H](Cc1ccccc1)C(=O)O. The van der Waals surface area contributed by atoms with Crippen LogP contribution in [0.25, 0.3) is 0 Å². The third-order valence-electron chi connectivity index (χ3n) is 3.53. The van der Waals surface area contributed by atoms with Crippen molar-refractivity contribution in [3.05, 3.63) is 35.9 Å². The molecule has 3 heteroatoms. The summed E-state index contributed by atoms with van der Waals surface area (Å²) in [5, 5.41) is 12.9. The van der Waals surface area contributed by atoms with Gasteiger partial charge >= 0.3 is 5.97 Å². The molecule has 1 aromatic rings. The largest absolute Gasteiger partial charge is 0.480 e. The normalized spacial score (nSPS) is 13.1. The monoisotopic (exact) mass is 291 g/mol. The van der Waals surface area contributed by atoms with Crippen LogP contribution in [0.3, 0.4) is 0 Å². The van der Waals surface area contributed by atoms with Crippen LogP contribution in [0.4, 0.5) is 0 Å². The number of hydrogen-bond donors (Lipinski definition) is 2. The molecule has 1 rings (SSSR count). The zero-order chi connectivity index (χ0) is 15.8. The molecule has 0 aliphatic heterocycles. The van der Waals surface area contributed by atoms with Gasteiger partial charge in [-0.2, -0.15) is 0 Å². The number of carboxylic acids is 1. The average molecular weight is 291 g/mol. The Morgan fingerprint density at radius 2 is 1.57 bits per heavy atom. The van der Waals surface area contributed by atoms with Gasteiger partial charge in [0.1, 0.15) is 6.04 Å². The van der Waals surface area contributed by atoms with Crippen molar-refractivity contribution in [1.29, 1.82) is 0 Å². The van der Waals surface area contributed by atoms with E-state index in [1.54, 1.807) is 0 Å². The van der Waals surface area contributed by atoms with Crippen LogP contribution in [0, 0.1) is 11.8 Å². The molecule has 2 N–H and O–H groups in total. The van der Waals surface area contributed by atoms with E-state index >= 15 is 0 Å². The molecule has 0 spiro atoms. The number of hydrogen-bond acceptors (Lipinski definition) is 2. The molecule has 0 aliphatic carbocycles. The van der Waals surface area contributed by atoms with E-state index in [0.717, 1.165) is 18.4 Å². The predicted octanol–water partition coefficient (Wildman–Crippen LogP) is 3.73. The van der Waals surface area contributed by atoms with Crippen molar-refractivity contribution >= 4 is 5.97 Å². The minimum atomic E-state index is -0.767. The van der Waals surface area contributed by atoms with E-state index in [1.807, 2.05) is 30.3 Å². The summed E-state index contributed by atoms with van der Waals surface area (Å²) in [4.78, 5) is 11.5. The van der Waals surface area contributed by atoms with Crippen molar-refractivity contribution in [3.8, 4) is 0 Å². The van der Waals surface area contributed by atoms with Crippen molar-refractivity contribution < 1.29 is 9.90 Å². The molecule has 3 nitrogen and oxygen atoms in total. The van der Waals surface area contributed by atoms with E-state index in [-0.39, 0.29) is 6.04 Å². The van der Waals surface area contributed by atoms with Gasteiger partial charge in [0.15, 0.2) is 0 Å². The number of nitrogens with one attached hydrogen (secondary N) is 1. The van der Waals surface area contributed by atoms with Gasteiger partial charge < -0.3 is 10.4 Å². The average Bonchev–Trinajstić information content (AvgIpc) is 2.37. The summed E-state index contributed by atoms with van der Waals surface area (Å²) in [6.07, 6.45) is 2.55. The van der Waals surface area contributed by atoms with Crippen LogP contribution in [-0.4, -0.2) is 23.2 Å². The second kappa shape index (κ2) is 8.83. The highest BCUT2D eigenvalue weighted by Crippen LogP contribution is 2.15. The van der Waals surface area contributed by atoms with E-state index < -0.39 is 12.0 Å². The van der Waals surface area contributed by atoms with Gasteiger partial charge in [0.2, 0.25) is 0 Å². The van der Waals surface area contributed by atoms with Crippen LogP contribution in [0.5, 0.6) is 0 Å². The minimum Gasteiger partial charge on any atom is -0.480 e. The van der Waals surface area contributed by atoms with Crippen LogP contribution >= 0.6 is 0 Å². The van der Waals surface area contributed by atoms with Crippen LogP contribution in [0.1, 0.15) is 46.1 Å².